The SMILES string of the molecule is Cc1cc(F)ccc1N1CCCC(NC(=O)c2cc(C)n(C)n2)C1. The number of nitrogens with zero attached hydrogens (tertiary/aromatic N) is 3. The third kappa shape index (κ3) is 3.42. The standard InChI is InChI=1S/C18H23FN4O/c1-12-9-14(19)6-7-17(12)23-8-4-5-15(11-23)20-18(24)16-10-13(2)22(3)21-16/h6-7,9-10,15H,4-5,8,11H2,1-3H3,(H,20,24). The number of nitrogens with one attached hydrogen (secondary N) is 1. The summed E-state index contributed by atoms with van der Waals surface area (Å²) >= 11 is 0. The molecule has 24 heavy (non-hydrogen) atoms. The number of halogens is 1. The summed E-state index contributed by atoms with van der Waals surface area (Å²) in [5.74, 6) is -0.356. The maximum Gasteiger partial charge on any atom is 0.272 e. The molecule has 1 amide bonds. The number of anilines is 1. The monoisotopic (exact) mass is 330 g/mol. The first-order valence-electron chi connectivity index (χ1n) is 8.26. The van der Waals surface area contributed by atoms with Crippen LogP contribution in [0.5, 0.6) is 0 Å². The lowest BCUT2D eigenvalue weighted by Crippen LogP contribution is -2.48. The highest BCUT2D eigenvalue weighted by atomic mass is 19.1. The Labute approximate surface area is 141 Å². The fourth-order valence-corrected chi connectivity index (χ4v) is 3.22. The van der Waals surface area contributed by atoms with E-state index < -0.39 is 0 Å². The second-order valence-electron chi connectivity index (χ2n) is 6.48. The minimum absolute atomic E-state index is 0.0676. The summed E-state index contributed by atoms with van der Waals surface area (Å²) in [7, 11) is 1.83. The highest BCUT2D eigenvalue weighted by Gasteiger charge is 2.24. The van der Waals surface area contributed by atoms with Crippen LogP contribution in [-0.2, 0) is 7.05 Å². The second-order valence-corrected chi connectivity index (χ2v) is 6.48. The molecule has 0 aliphatic carbocycles. The van der Waals surface area contributed by atoms with Crippen LogP contribution in [0, 0.1) is 19.7 Å². The van der Waals surface area contributed by atoms with Crippen LogP contribution < -0.4 is 10.2 Å². The molecule has 3 rings (SSSR count). The molecule has 2 heterocycles. The molecule has 128 valence electrons. The van der Waals surface area contributed by atoms with E-state index in [1.807, 2.05) is 27.0 Å². The molecule has 1 aromatic carbocycles. The van der Waals surface area contributed by atoms with Crippen molar-refractivity contribution in [2.24, 2.45) is 7.05 Å². The molecule has 0 radical (unpaired) electrons. The normalized spacial score (nSPS) is 17.8. The van der Waals surface area contributed by atoms with Crippen LogP contribution >= 0.6 is 0 Å². The smallest absolute Gasteiger partial charge is 0.272 e. The summed E-state index contributed by atoms with van der Waals surface area (Å²) in [6.45, 7) is 5.48. The van der Waals surface area contributed by atoms with Crippen molar-refractivity contribution in [3.63, 3.8) is 0 Å². The van der Waals surface area contributed by atoms with Crippen molar-refractivity contribution in [3.05, 3.63) is 47.0 Å². The second kappa shape index (κ2) is 6.63. The number of benzene rings is 1. The Morgan fingerprint density at radius 1 is 1.33 bits per heavy atom. The molecule has 1 unspecified atom stereocenters. The quantitative estimate of drug-likeness (QED) is 0.941. The van der Waals surface area contributed by atoms with Crippen molar-refractivity contribution in [2.45, 2.75) is 32.7 Å². The van der Waals surface area contributed by atoms with Crippen molar-refractivity contribution in [3.8, 4) is 0 Å². The zero-order valence-electron chi connectivity index (χ0n) is 14.3. The van der Waals surface area contributed by atoms with E-state index in [0.717, 1.165) is 42.9 Å². The predicted octanol–water partition coefficient (Wildman–Crippen LogP) is 2.57. The summed E-state index contributed by atoms with van der Waals surface area (Å²) in [6.07, 6.45) is 1.93. The molecule has 1 aliphatic heterocycles. The predicted molar refractivity (Wildman–Crippen MR) is 91.8 cm³/mol. The summed E-state index contributed by atoms with van der Waals surface area (Å²) in [5, 5.41) is 7.30. The Morgan fingerprint density at radius 2 is 2.12 bits per heavy atom. The maximum absolute atomic E-state index is 13.3. The van der Waals surface area contributed by atoms with Crippen LogP contribution in [0.4, 0.5) is 10.1 Å². The van der Waals surface area contributed by atoms with Crippen LogP contribution in [0.25, 0.3) is 0 Å². The Morgan fingerprint density at radius 3 is 2.79 bits per heavy atom. The first kappa shape index (κ1) is 16.5. The lowest BCUT2D eigenvalue weighted by Gasteiger charge is -2.35. The molecular formula is C18H23FN4O. The summed E-state index contributed by atoms with van der Waals surface area (Å²) in [4.78, 5) is 14.6. The molecular weight excluding hydrogens is 307 g/mol. The number of piperidine rings is 1. The van der Waals surface area contributed by atoms with Gasteiger partial charge in [-0.2, -0.15) is 5.10 Å². The zero-order chi connectivity index (χ0) is 17.3. The van der Waals surface area contributed by atoms with Gasteiger partial charge in [0.05, 0.1) is 0 Å². The van der Waals surface area contributed by atoms with Crippen molar-refractivity contribution in [1.82, 2.24) is 15.1 Å². The van der Waals surface area contributed by atoms with Gasteiger partial charge in [-0.1, -0.05) is 0 Å². The van der Waals surface area contributed by atoms with Crippen LogP contribution in [0.15, 0.2) is 24.3 Å². The molecule has 0 spiro atoms. The largest absolute Gasteiger partial charge is 0.369 e. The van der Waals surface area contributed by atoms with E-state index in [1.165, 1.54) is 6.07 Å². The molecule has 1 aromatic heterocycles. The van der Waals surface area contributed by atoms with Gasteiger partial charge >= 0.3 is 0 Å². The Kier molecular flexibility index (Phi) is 4.55. The maximum atomic E-state index is 13.3. The minimum atomic E-state index is -0.219. The molecule has 1 fully saturated rings. The highest BCUT2D eigenvalue weighted by Crippen LogP contribution is 2.24. The lowest BCUT2D eigenvalue weighted by atomic mass is 10.0. The number of amides is 1. The fourth-order valence-electron chi connectivity index (χ4n) is 3.22. The lowest BCUT2D eigenvalue weighted by molar-refractivity contribution is 0.0927. The summed E-state index contributed by atoms with van der Waals surface area (Å²) in [6, 6.07) is 6.71. The molecule has 1 atom stereocenters. The first-order chi connectivity index (χ1) is 11.4. The van der Waals surface area contributed by atoms with E-state index in [9.17, 15) is 9.18 Å². The van der Waals surface area contributed by atoms with E-state index in [4.69, 9.17) is 0 Å². The van der Waals surface area contributed by atoms with Gasteiger partial charge in [-0.3, -0.25) is 9.48 Å². The van der Waals surface area contributed by atoms with Crippen LogP contribution in [0.3, 0.4) is 0 Å². The van der Waals surface area contributed by atoms with Gasteiger partial charge in [0.2, 0.25) is 0 Å². The molecule has 0 saturated carbocycles. The number of carbonyl (C=O) groups is 1. The van der Waals surface area contributed by atoms with Crippen LogP contribution in [-0.4, -0.2) is 34.8 Å². The number of hydrogen-bond acceptors (Lipinski definition) is 3. The van der Waals surface area contributed by atoms with Gasteiger partial charge in [0.1, 0.15) is 11.5 Å². The molecule has 0 bridgehead atoms. The van der Waals surface area contributed by atoms with Gasteiger partial charge in [0.15, 0.2) is 0 Å². The number of rotatable bonds is 3. The summed E-state index contributed by atoms with van der Waals surface area (Å²) in [5.41, 5.74) is 3.35. The third-order valence-electron chi connectivity index (χ3n) is 4.60. The molecule has 2 aromatic rings. The van der Waals surface area contributed by atoms with Gasteiger partial charge in [-0.05, 0) is 56.5 Å². The van der Waals surface area contributed by atoms with E-state index >= 15 is 0 Å². The van der Waals surface area contributed by atoms with Gasteiger partial charge < -0.3 is 10.2 Å². The first-order valence-corrected chi connectivity index (χ1v) is 8.26. The average molecular weight is 330 g/mol. The van der Waals surface area contributed by atoms with Gasteiger partial charge in [0, 0.05) is 37.6 Å². The Bertz CT molecular complexity index is 736. The number of hydrogen-bond donors (Lipinski definition) is 1. The Balaban J connectivity index is 1.68. The van der Waals surface area contributed by atoms with Crippen molar-refractivity contribution in [2.75, 3.05) is 18.0 Å². The van der Waals surface area contributed by atoms with Crippen LogP contribution in [0.1, 0.15) is 34.6 Å². The van der Waals surface area contributed by atoms with E-state index in [0.29, 0.717) is 5.69 Å². The van der Waals surface area contributed by atoms with Gasteiger partial charge in [-0.25, -0.2) is 4.39 Å². The highest BCUT2D eigenvalue weighted by molar-refractivity contribution is 5.92. The topological polar surface area (TPSA) is 50.2 Å². The molecule has 1 saturated heterocycles. The third-order valence-corrected chi connectivity index (χ3v) is 4.60. The van der Waals surface area contributed by atoms with Crippen LogP contribution in [0.2, 0.25) is 0 Å². The average Bonchev–Trinajstić information content (AvgIpc) is 2.87. The van der Waals surface area contributed by atoms with Gasteiger partial charge in [-0.15, -0.1) is 0 Å². The number of carbonyl (C=O) groups excluding carboxylic acids is 1. The fraction of sp³-hybridized carbons (Fsp3) is 0.444. The minimum Gasteiger partial charge on any atom is -0.369 e. The zero-order valence-corrected chi connectivity index (χ0v) is 14.3. The Hall–Kier alpha value is -2.37. The summed E-state index contributed by atoms with van der Waals surface area (Å²) < 4.78 is 15.0. The van der Waals surface area contributed by atoms with Gasteiger partial charge in [0.25, 0.3) is 5.91 Å². The van der Waals surface area contributed by atoms with E-state index in [1.54, 1.807) is 16.8 Å². The van der Waals surface area contributed by atoms with Crippen molar-refractivity contribution in [1.29, 1.82) is 0 Å². The number of aromatic nitrogens is 2. The van der Waals surface area contributed by atoms with Crippen molar-refractivity contribution < 1.29 is 9.18 Å². The van der Waals surface area contributed by atoms with E-state index in [2.05, 4.69) is 15.3 Å². The molecule has 6 heteroatoms. The molecule has 5 nitrogen and oxygen atoms in total. The number of aryl methyl sites for hydroxylation is 3. The van der Waals surface area contributed by atoms with Crippen molar-refractivity contribution >= 4 is 11.6 Å². The molecule has 1 N–H and O–H groups in total. The molecule has 1 aliphatic rings. The van der Waals surface area contributed by atoms with E-state index in [-0.39, 0.29) is 17.8 Å².